The quantitative estimate of drug-likeness (QED) is 0.843. The number of pyridine rings is 1. The van der Waals surface area contributed by atoms with Gasteiger partial charge in [-0.05, 0) is 34.0 Å². The Morgan fingerprint density at radius 1 is 1.57 bits per heavy atom. The summed E-state index contributed by atoms with van der Waals surface area (Å²) in [6.07, 6.45) is 0. The summed E-state index contributed by atoms with van der Waals surface area (Å²) >= 11 is 3.22. The molecule has 14 heavy (non-hydrogen) atoms. The van der Waals surface area contributed by atoms with Crippen molar-refractivity contribution in [2.24, 2.45) is 5.92 Å². The highest BCUT2D eigenvalue weighted by atomic mass is 79.9. The molecule has 0 aromatic carbocycles. The van der Waals surface area contributed by atoms with E-state index in [-0.39, 0.29) is 5.91 Å². The third-order valence-electron chi connectivity index (χ3n) is 1.62. The summed E-state index contributed by atoms with van der Waals surface area (Å²) in [5, 5.41) is 2.80. The summed E-state index contributed by atoms with van der Waals surface area (Å²) in [4.78, 5) is 15.6. The Hall–Kier alpha value is -0.900. The van der Waals surface area contributed by atoms with Gasteiger partial charge in [-0.25, -0.2) is 4.98 Å². The number of halogens is 1. The molecular weight excluding hydrogens is 244 g/mol. The van der Waals surface area contributed by atoms with E-state index in [1.54, 1.807) is 18.2 Å². The predicted octanol–water partition coefficient (Wildman–Crippen LogP) is 2.23. The molecule has 76 valence electrons. The van der Waals surface area contributed by atoms with Crippen molar-refractivity contribution in [3.63, 3.8) is 0 Å². The van der Waals surface area contributed by atoms with Crippen LogP contribution in [0.15, 0.2) is 22.8 Å². The molecule has 1 rings (SSSR count). The van der Waals surface area contributed by atoms with Gasteiger partial charge in [0.1, 0.15) is 10.3 Å². The average Bonchev–Trinajstić information content (AvgIpc) is 2.14. The molecule has 0 aliphatic heterocycles. The second-order valence-electron chi connectivity index (χ2n) is 3.45. The maximum atomic E-state index is 11.5. The molecule has 0 unspecified atom stereocenters. The minimum atomic E-state index is -0.125. The van der Waals surface area contributed by atoms with Crippen LogP contribution in [0.5, 0.6) is 0 Å². The zero-order valence-electron chi connectivity index (χ0n) is 8.25. The van der Waals surface area contributed by atoms with Crippen molar-refractivity contribution in [2.75, 3.05) is 6.54 Å². The summed E-state index contributed by atoms with van der Waals surface area (Å²) in [5.74, 6) is 0.325. The Kier molecular flexibility index (Phi) is 4.07. The van der Waals surface area contributed by atoms with Crippen molar-refractivity contribution in [1.29, 1.82) is 0 Å². The van der Waals surface area contributed by atoms with E-state index in [4.69, 9.17) is 0 Å². The van der Waals surface area contributed by atoms with Gasteiger partial charge in [0, 0.05) is 6.54 Å². The van der Waals surface area contributed by atoms with E-state index in [1.807, 2.05) is 0 Å². The van der Waals surface area contributed by atoms with Crippen LogP contribution in [0.2, 0.25) is 0 Å². The Morgan fingerprint density at radius 2 is 2.29 bits per heavy atom. The molecular formula is C10H13BrN2O. The molecule has 1 aromatic heterocycles. The van der Waals surface area contributed by atoms with Gasteiger partial charge in [-0.3, -0.25) is 4.79 Å². The largest absolute Gasteiger partial charge is 0.350 e. The third-order valence-corrected chi connectivity index (χ3v) is 2.06. The zero-order chi connectivity index (χ0) is 10.6. The highest BCUT2D eigenvalue weighted by molar-refractivity contribution is 9.10. The topological polar surface area (TPSA) is 42.0 Å². The minimum absolute atomic E-state index is 0.125. The first kappa shape index (κ1) is 11.2. The lowest BCUT2D eigenvalue weighted by Crippen LogP contribution is -2.27. The molecule has 0 aliphatic carbocycles. The second-order valence-corrected chi connectivity index (χ2v) is 4.26. The number of hydrogen-bond donors (Lipinski definition) is 1. The Balaban J connectivity index is 2.61. The van der Waals surface area contributed by atoms with Crippen LogP contribution in [0, 0.1) is 5.92 Å². The third kappa shape index (κ3) is 3.46. The molecule has 0 radical (unpaired) electrons. The predicted molar refractivity (Wildman–Crippen MR) is 59.1 cm³/mol. The highest BCUT2D eigenvalue weighted by Gasteiger charge is 2.06. The number of aromatic nitrogens is 1. The van der Waals surface area contributed by atoms with Crippen molar-refractivity contribution in [2.45, 2.75) is 13.8 Å². The molecule has 1 aromatic rings. The SMILES string of the molecule is CC(C)CNC(=O)c1cccc(Br)n1. The molecule has 0 bridgehead atoms. The summed E-state index contributed by atoms with van der Waals surface area (Å²) < 4.78 is 0.676. The fourth-order valence-corrected chi connectivity index (χ4v) is 1.27. The van der Waals surface area contributed by atoms with E-state index < -0.39 is 0 Å². The lowest BCUT2D eigenvalue weighted by molar-refractivity contribution is 0.0944. The number of carbonyl (C=O) groups is 1. The molecule has 4 heteroatoms. The molecule has 1 amide bonds. The van der Waals surface area contributed by atoms with Crippen LogP contribution in [0.25, 0.3) is 0 Å². The number of carbonyl (C=O) groups excluding carboxylic acids is 1. The van der Waals surface area contributed by atoms with Gasteiger partial charge < -0.3 is 5.32 Å². The molecule has 1 N–H and O–H groups in total. The highest BCUT2D eigenvalue weighted by Crippen LogP contribution is 2.06. The number of hydrogen-bond acceptors (Lipinski definition) is 2. The van der Waals surface area contributed by atoms with Crippen LogP contribution >= 0.6 is 15.9 Å². The molecule has 0 fully saturated rings. The van der Waals surface area contributed by atoms with E-state index in [2.05, 4.69) is 40.1 Å². The Bertz CT molecular complexity index is 326. The Morgan fingerprint density at radius 3 is 2.86 bits per heavy atom. The van der Waals surface area contributed by atoms with Crippen molar-refractivity contribution >= 4 is 21.8 Å². The van der Waals surface area contributed by atoms with Gasteiger partial charge >= 0.3 is 0 Å². The number of nitrogens with zero attached hydrogens (tertiary/aromatic N) is 1. The molecule has 0 aliphatic rings. The van der Waals surface area contributed by atoms with Crippen LogP contribution in [-0.2, 0) is 0 Å². The van der Waals surface area contributed by atoms with E-state index >= 15 is 0 Å². The fraction of sp³-hybridized carbons (Fsp3) is 0.400. The molecule has 0 spiro atoms. The maximum Gasteiger partial charge on any atom is 0.269 e. The minimum Gasteiger partial charge on any atom is -0.350 e. The second kappa shape index (κ2) is 5.10. The van der Waals surface area contributed by atoms with E-state index in [0.29, 0.717) is 22.8 Å². The molecule has 0 atom stereocenters. The van der Waals surface area contributed by atoms with Crippen molar-refractivity contribution in [3.05, 3.63) is 28.5 Å². The lowest BCUT2D eigenvalue weighted by atomic mass is 10.2. The fourth-order valence-electron chi connectivity index (χ4n) is 0.922. The van der Waals surface area contributed by atoms with Gasteiger partial charge in [0.05, 0.1) is 0 Å². The first-order chi connectivity index (χ1) is 6.59. The molecule has 0 saturated carbocycles. The summed E-state index contributed by atoms with van der Waals surface area (Å²) in [6.45, 7) is 4.77. The lowest BCUT2D eigenvalue weighted by Gasteiger charge is -2.06. The van der Waals surface area contributed by atoms with Gasteiger partial charge in [0.15, 0.2) is 0 Å². The van der Waals surface area contributed by atoms with Crippen LogP contribution in [-0.4, -0.2) is 17.4 Å². The standard InChI is InChI=1S/C10H13BrN2O/c1-7(2)6-12-10(14)8-4-3-5-9(11)13-8/h3-5,7H,6H2,1-2H3,(H,12,14). The van der Waals surface area contributed by atoms with E-state index in [1.165, 1.54) is 0 Å². The zero-order valence-corrected chi connectivity index (χ0v) is 9.84. The first-order valence-corrected chi connectivity index (χ1v) is 5.29. The van der Waals surface area contributed by atoms with Gasteiger partial charge in [0.2, 0.25) is 0 Å². The molecule has 1 heterocycles. The maximum absolute atomic E-state index is 11.5. The van der Waals surface area contributed by atoms with Crippen LogP contribution in [0.4, 0.5) is 0 Å². The summed E-state index contributed by atoms with van der Waals surface area (Å²) in [7, 11) is 0. The van der Waals surface area contributed by atoms with Crippen LogP contribution < -0.4 is 5.32 Å². The number of nitrogens with one attached hydrogen (secondary N) is 1. The molecule has 0 saturated heterocycles. The number of rotatable bonds is 3. The smallest absolute Gasteiger partial charge is 0.269 e. The summed E-state index contributed by atoms with van der Waals surface area (Å²) in [6, 6.07) is 5.28. The normalized spacial score (nSPS) is 10.3. The van der Waals surface area contributed by atoms with Crippen LogP contribution in [0.1, 0.15) is 24.3 Å². The van der Waals surface area contributed by atoms with Gasteiger partial charge in [-0.15, -0.1) is 0 Å². The Labute approximate surface area is 92.1 Å². The van der Waals surface area contributed by atoms with E-state index in [9.17, 15) is 4.79 Å². The van der Waals surface area contributed by atoms with Gasteiger partial charge in [-0.1, -0.05) is 19.9 Å². The van der Waals surface area contributed by atoms with Crippen molar-refractivity contribution < 1.29 is 4.79 Å². The van der Waals surface area contributed by atoms with E-state index in [0.717, 1.165) is 0 Å². The average molecular weight is 257 g/mol. The first-order valence-electron chi connectivity index (χ1n) is 4.50. The summed E-state index contributed by atoms with van der Waals surface area (Å²) in [5.41, 5.74) is 0.444. The van der Waals surface area contributed by atoms with Crippen LogP contribution in [0.3, 0.4) is 0 Å². The van der Waals surface area contributed by atoms with Crippen molar-refractivity contribution in [1.82, 2.24) is 10.3 Å². The van der Waals surface area contributed by atoms with Gasteiger partial charge in [0.25, 0.3) is 5.91 Å². The van der Waals surface area contributed by atoms with Crippen molar-refractivity contribution in [3.8, 4) is 0 Å². The molecule has 3 nitrogen and oxygen atoms in total. The number of amides is 1. The monoisotopic (exact) mass is 256 g/mol. The van der Waals surface area contributed by atoms with Gasteiger partial charge in [-0.2, -0.15) is 0 Å².